The quantitative estimate of drug-likeness (QED) is 0.125. The van der Waals surface area contributed by atoms with Gasteiger partial charge in [-0.3, -0.25) is 0 Å². The first-order valence-corrected chi connectivity index (χ1v) is 21.2. The molecular weight excluding hydrogens is 684 g/mol. The summed E-state index contributed by atoms with van der Waals surface area (Å²) in [6.07, 6.45) is 0. The first-order chi connectivity index (χ1) is 22.1. The van der Waals surface area contributed by atoms with Gasteiger partial charge in [0.15, 0.2) is 0 Å². The third-order valence-corrected chi connectivity index (χ3v) is 9.25. The molecule has 6 rings (SSSR count). The van der Waals surface area contributed by atoms with Crippen molar-refractivity contribution in [3.8, 4) is 22.3 Å². The molecule has 0 saturated carbocycles. The first-order valence-electron chi connectivity index (χ1n) is 17.0. The van der Waals surface area contributed by atoms with Crippen LogP contribution in [-0.2, 0) is 34.2 Å². The van der Waals surface area contributed by atoms with Crippen molar-refractivity contribution in [3.63, 3.8) is 0 Å². The van der Waals surface area contributed by atoms with Crippen LogP contribution >= 0.6 is 0 Å². The summed E-state index contributed by atoms with van der Waals surface area (Å²) in [5.41, 5.74) is 12.7. The molecule has 0 atom stereocenters. The van der Waals surface area contributed by atoms with E-state index in [1.807, 2.05) is 0 Å². The van der Waals surface area contributed by atoms with Gasteiger partial charge in [-0.15, -0.1) is 68.6 Å². The Labute approximate surface area is 316 Å². The number of hydrogen-bond acceptors (Lipinski definition) is 0. The van der Waals surface area contributed by atoms with Gasteiger partial charge in [0.05, 0.1) is 0 Å². The minimum absolute atomic E-state index is 0. The summed E-state index contributed by atoms with van der Waals surface area (Å²) in [5.74, 6) is 1.13. The molecule has 0 unspecified atom stereocenters. The van der Waals surface area contributed by atoms with Crippen LogP contribution in [0.3, 0.4) is 0 Å². The number of rotatable bonds is 4. The molecule has 0 N–H and O–H groups in total. The van der Waals surface area contributed by atoms with Crippen molar-refractivity contribution in [1.29, 1.82) is 0 Å². The van der Waals surface area contributed by atoms with Gasteiger partial charge in [-0.2, -0.15) is 12.1 Å². The van der Waals surface area contributed by atoms with E-state index in [1.165, 1.54) is 95.0 Å². The fourth-order valence-corrected chi connectivity index (χ4v) is 6.36. The molecular formula is C47H58SiZr-4. The Bertz CT molecular complexity index is 1910. The van der Waals surface area contributed by atoms with Gasteiger partial charge in [0.25, 0.3) is 0 Å². The van der Waals surface area contributed by atoms with Crippen molar-refractivity contribution in [1.82, 2.24) is 0 Å². The van der Waals surface area contributed by atoms with E-state index >= 15 is 0 Å². The predicted molar refractivity (Wildman–Crippen MR) is 219 cm³/mol. The Balaban J connectivity index is 0.000000312. The van der Waals surface area contributed by atoms with Crippen LogP contribution in [-0.4, -0.2) is 6.88 Å². The molecule has 0 nitrogen and oxygen atoms in total. The third-order valence-electron chi connectivity index (χ3n) is 9.25. The van der Waals surface area contributed by atoms with Gasteiger partial charge in [0, 0.05) is 0 Å². The monoisotopic (exact) mass is 740 g/mol. The Hall–Kier alpha value is -2.80. The molecule has 0 saturated heterocycles. The topological polar surface area (TPSA) is 0 Å². The van der Waals surface area contributed by atoms with E-state index in [0.717, 1.165) is 0 Å². The number of benzene rings is 4. The average molecular weight is 742 g/mol. The number of fused-ring (bicyclic) bond motifs is 2. The fraction of sp³-hybridized carbons (Fsp3) is 0.319. The van der Waals surface area contributed by atoms with Crippen LogP contribution in [0.4, 0.5) is 0 Å². The summed E-state index contributed by atoms with van der Waals surface area (Å²) in [5, 5.41) is 5.52. The zero-order chi connectivity index (χ0) is 34.7. The summed E-state index contributed by atoms with van der Waals surface area (Å²) < 4.78 is 0. The maximum atomic E-state index is 3.06. The zero-order valence-electron chi connectivity index (χ0n) is 32.5. The molecule has 49 heavy (non-hydrogen) atoms. The van der Waals surface area contributed by atoms with E-state index in [0.29, 0.717) is 11.8 Å². The second kappa shape index (κ2) is 17.4. The second-order valence-corrected chi connectivity index (χ2v) is 15.6. The summed E-state index contributed by atoms with van der Waals surface area (Å²) >= 11 is 1.36. The Morgan fingerprint density at radius 1 is 0.571 bits per heavy atom. The second-order valence-electron chi connectivity index (χ2n) is 15.6. The van der Waals surface area contributed by atoms with Crippen molar-refractivity contribution in [3.05, 3.63) is 146 Å². The molecule has 0 bridgehead atoms. The molecule has 0 aliphatic carbocycles. The van der Waals surface area contributed by atoms with E-state index < -0.39 is 0 Å². The summed E-state index contributed by atoms with van der Waals surface area (Å²) in [6, 6.07) is 38.7. The molecule has 0 aliphatic rings. The Morgan fingerprint density at radius 2 is 1.06 bits per heavy atom. The molecule has 2 radical (unpaired) electrons. The molecule has 2 heteroatoms. The van der Waals surface area contributed by atoms with E-state index in [4.69, 9.17) is 0 Å². The van der Waals surface area contributed by atoms with Crippen LogP contribution in [0.15, 0.2) is 103 Å². The van der Waals surface area contributed by atoms with Gasteiger partial charge < -0.3 is 14.9 Å². The molecule has 6 aromatic rings. The number of hydrogen-bond donors (Lipinski definition) is 0. The molecule has 0 spiro atoms. The van der Waals surface area contributed by atoms with E-state index in [1.54, 1.807) is 0 Å². The summed E-state index contributed by atoms with van der Waals surface area (Å²) in [6.45, 7) is 27.9. The predicted octanol–water partition coefficient (Wildman–Crippen LogP) is 14.1. The molecule has 0 aromatic heterocycles. The van der Waals surface area contributed by atoms with E-state index in [2.05, 4.69) is 186 Å². The normalized spacial score (nSPS) is 11.3. The van der Waals surface area contributed by atoms with Gasteiger partial charge in [-0.1, -0.05) is 154 Å². The molecule has 6 aromatic carbocycles. The van der Waals surface area contributed by atoms with Crippen LogP contribution in [0.1, 0.15) is 109 Å². The van der Waals surface area contributed by atoms with Crippen LogP contribution in [0.25, 0.3) is 43.8 Å². The molecule has 0 heterocycles. The van der Waals surface area contributed by atoms with Crippen LogP contribution in [0.2, 0.25) is 0 Å². The Morgan fingerprint density at radius 3 is 1.51 bits per heavy atom. The van der Waals surface area contributed by atoms with Gasteiger partial charge in [0.2, 0.25) is 0 Å². The van der Waals surface area contributed by atoms with Gasteiger partial charge >= 0.3 is 30.2 Å². The summed E-state index contributed by atoms with van der Waals surface area (Å²) in [7, 11) is 0. The fourth-order valence-electron chi connectivity index (χ4n) is 6.36. The zero-order valence-corrected chi connectivity index (χ0v) is 35.9. The van der Waals surface area contributed by atoms with Crippen LogP contribution < -0.4 is 0 Å². The maximum absolute atomic E-state index is 3.06. The molecule has 0 amide bonds. The molecule has 0 aliphatic heterocycles. The average Bonchev–Trinajstić information content (AvgIpc) is 3.65. The van der Waals surface area contributed by atoms with Gasteiger partial charge in [0.1, 0.15) is 0 Å². The molecule has 258 valence electrons. The van der Waals surface area contributed by atoms with Crippen LogP contribution in [0, 0.1) is 21.8 Å². The van der Waals surface area contributed by atoms with Gasteiger partial charge in [-0.05, 0) is 39.0 Å². The van der Waals surface area contributed by atoms with E-state index in [9.17, 15) is 0 Å². The van der Waals surface area contributed by atoms with Crippen LogP contribution in [0.5, 0.6) is 0 Å². The van der Waals surface area contributed by atoms with Gasteiger partial charge in [-0.25, -0.2) is 0 Å². The minimum atomic E-state index is 0. The first kappa shape index (κ1) is 42.4. The number of aryl methyl sites for hydroxylation is 1. The molecule has 0 fully saturated rings. The summed E-state index contributed by atoms with van der Waals surface area (Å²) in [4.78, 5) is 0. The van der Waals surface area contributed by atoms with E-state index in [-0.39, 0.29) is 25.7 Å². The standard InChI is InChI=1S/C23H27.C22H25.2CH3.Si.Zr/c1-15(2)19-11-12-20(22-14-16(3)13-21(19)22)17-7-9-18(10-8-17)23(4,5)6;1-15(2)18-13-17-7-6-8-20(21(17)14-18)16-9-11-19(12-10-16)22(3,4)5;;;;/h7-15H,1-6H3;6-15H,1-5H3;2*1H3;;/q4*-1;;. The van der Waals surface area contributed by atoms with Crippen molar-refractivity contribution in [2.75, 3.05) is 0 Å². The SMILES string of the molecule is CC(C)c1cc2c(-c3ccc(C(C)(C)C)cc3)cccc2[cH-]1.Cc1cc2c(-c3ccc(C(C)(C)C)cc3)ccc(C(C)C)c2[cH-]1.[CH3-].[CH3-].[Si]=[Zr]. The Kier molecular flexibility index (Phi) is 15.1. The van der Waals surface area contributed by atoms with Crippen molar-refractivity contribution >= 4 is 28.4 Å². The van der Waals surface area contributed by atoms with Crippen molar-refractivity contribution in [2.24, 2.45) is 0 Å². The van der Waals surface area contributed by atoms with Crippen molar-refractivity contribution < 1.29 is 23.3 Å². The third kappa shape index (κ3) is 9.92. The van der Waals surface area contributed by atoms with Crippen molar-refractivity contribution in [2.45, 2.75) is 98.8 Å².